The summed E-state index contributed by atoms with van der Waals surface area (Å²) >= 11 is 0. The van der Waals surface area contributed by atoms with Gasteiger partial charge in [-0.2, -0.15) is 0 Å². The highest BCUT2D eigenvalue weighted by Crippen LogP contribution is 2.27. The lowest BCUT2D eigenvalue weighted by Gasteiger charge is -2.31. The predicted octanol–water partition coefficient (Wildman–Crippen LogP) is 1.98. The van der Waals surface area contributed by atoms with Crippen molar-refractivity contribution in [1.29, 1.82) is 0 Å². The first kappa shape index (κ1) is 13.5. The molecule has 1 aliphatic carbocycles. The Hall–Kier alpha value is -1.88. The molecule has 2 rings (SSSR count). The Morgan fingerprint density at radius 1 is 1.11 bits per heavy atom. The standard InChI is InChI=1S/C14H18N2O3/c15-14(8-2-1-3-9-14)13(19)16-11-6-4-10(5-7-11)12(17)18/h4-7H,1-3,8-9,15H2,(H,16,19)(H,17,18). The fraction of sp³-hybridized carbons (Fsp3) is 0.429. The second-order valence-electron chi connectivity index (χ2n) is 5.05. The molecule has 0 atom stereocenters. The number of nitrogens with two attached hydrogens (primary N) is 1. The Morgan fingerprint density at radius 2 is 1.68 bits per heavy atom. The zero-order valence-corrected chi connectivity index (χ0v) is 10.7. The van der Waals surface area contributed by atoms with Crippen molar-refractivity contribution in [2.75, 3.05) is 5.32 Å². The van der Waals surface area contributed by atoms with Crippen LogP contribution in [0.4, 0.5) is 5.69 Å². The number of carbonyl (C=O) groups is 2. The van der Waals surface area contributed by atoms with E-state index < -0.39 is 11.5 Å². The van der Waals surface area contributed by atoms with Gasteiger partial charge in [-0.25, -0.2) is 4.79 Å². The molecular weight excluding hydrogens is 244 g/mol. The van der Waals surface area contributed by atoms with Crippen molar-refractivity contribution in [2.45, 2.75) is 37.6 Å². The average Bonchev–Trinajstić information content (AvgIpc) is 2.40. The van der Waals surface area contributed by atoms with Gasteiger partial charge in [0.2, 0.25) is 5.91 Å². The molecule has 1 aliphatic rings. The van der Waals surface area contributed by atoms with E-state index in [1.807, 2.05) is 0 Å². The van der Waals surface area contributed by atoms with Gasteiger partial charge in [-0.15, -0.1) is 0 Å². The molecule has 0 heterocycles. The summed E-state index contributed by atoms with van der Waals surface area (Å²) in [6.07, 6.45) is 4.47. The lowest BCUT2D eigenvalue weighted by atomic mass is 9.82. The van der Waals surface area contributed by atoms with Gasteiger partial charge >= 0.3 is 5.97 Å². The minimum Gasteiger partial charge on any atom is -0.478 e. The van der Waals surface area contributed by atoms with E-state index in [4.69, 9.17) is 10.8 Å². The SMILES string of the molecule is NC1(C(=O)Nc2ccc(C(=O)O)cc2)CCCCC1. The van der Waals surface area contributed by atoms with Crippen molar-refractivity contribution in [3.63, 3.8) is 0 Å². The molecule has 102 valence electrons. The van der Waals surface area contributed by atoms with E-state index in [1.165, 1.54) is 12.1 Å². The van der Waals surface area contributed by atoms with Crippen molar-refractivity contribution < 1.29 is 14.7 Å². The van der Waals surface area contributed by atoms with E-state index in [0.717, 1.165) is 19.3 Å². The van der Waals surface area contributed by atoms with Crippen LogP contribution in [-0.2, 0) is 4.79 Å². The van der Waals surface area contributed by atoms with Gasteiger partial charge < -0.3 is 16.2 Å². The number of anilines is 1. The van der Waals surface area contributed by atoms with Gasteiger partial charge in [-0.05, 0) is 37.1 Å². The molecule has 5 nitrogen and oxygen atoms in total. The molecule has 0 unspecified atom stereocenters. The molecular formula is C14H18N2O3. The molecule has 0 bridgehead atoms. The molecule has 1 fully saturated rings. The number of hydrogen-bond acceptors (Lipinski definition) is 3. The maximum atomic E-state index is 12.2. The molecule has 1 amide bonds. The van der Waals surface area contributed by atoms with Crippen LogP contribution in [0, 0.1) is 0 Å². The van der Waals surface area contributed by atoms with Crippen LogP contribution in [0.25, 0.3) is 0 Å². The van der Waals surface area contributed by atoms with Crippen molar-refractivity contribution in [1.82, 2.24) is 0 Å². The summed E-state index contributed by atoms with van der Waals surface area (Å²) < 4.78 is 0. The number of hydrogen-bond donors (Lipinski definition) is 3. The summed E-state index contributed by atoms with van der Waals surface area (Å²) in [6.45, 7) is 0. The molecule has 0 aromatic heterocycles. The summed E-state index contributed by atoms with van der Waals surface area (Å²) in [5.74, 6) is -1.17. The second kappa shape index (κ2) is 5.40. The van der Waals surface area contributed by atoms with E-state index in [-0.39, 0.29) is 11.5 Å². The molecule has 1 aromatic rings. The van der Waals surface area contributed by atoms with Crippen molar-refractivity contribution >= 4 is 17.6 Å². The Bertz CT molecular complexity index is 476. The largest absolute Gasteiger partial charge is 0.478 e. The molecule has 0 radical (unpaired) electrons. The van der Waals surface area contributed by atoms with Gasteiger partial charge in [0.25, 0.3) is 0 Å². The fourth-order valence-corrected chi connectivity index (χ4v) is 2.36. The highest BCUT2D eigenvalue weighted by molar-refractivity contribution is 5.98. The monoisotopic (exact) mass is 262 g/mol. The lowest BCUT2D eigenvalue weighted by molar-refractivity contribution is -0.122. The van der Waals surface area contributed by atoms with Crippen LogP contribution in [0.3, 0.4) is 0 Å². The minimum atomic E-state index is -0.986. The summed E-state index contributed by atoms with van der Waals surface area (Å²) in [5.41, 5.74) is 6.10. The molecule has 19 heavy (non-hydrogen) atoms. The van der Waals surface area contributed by atoms with E-state index in [2.05, 4.69) is 5.32 Å². The number of carboxylic acid groups (broad SMARTS) is 1. The zero-order valence-electron chi connectivity index (χ0n) is 10.7. The normalized spacial score (nSPS) is 17.7. The number of amides is 1. The first-order valence-corrected chi connectivity index (χ1v) is 6.45. The number of rotatable bonds is 3. The van der Waals surface area contributed by atoms with Crippen LogP contribution in [0.5, 0.6) is 0 Å². The zero-order chi connectivity index (χ0) is 13.9. The van der Waals surface area contributed by atoms with Crippen LogP contribution >= 0.6 is 0 Å². The summed E-state index contributed by atoms with van der Waals surface area (Å²) in [4.78, 5) is 22.9. The van der Waals surface area contributed by atoms with E-state index in [0.29, 0.717) is 18.5 Å². The number of aromatic carboxylic acids is 1. The van der Waals surface area contributed by atoms with Crippen LogP contribution in [-0.4, -0.2) is 22.5 Å². The number of benzene rings is 1. The van der Waals surface area contributed by atoms with Crippen molar-refractivity contribution in [2.24, 2.45) is 5.73 Å². The van der Waals surface area contributed by atoms with Crippen molar-refractivity contribution in [3.8, 4) is 0 Å². The number of nitrogens with one attached hydrogen (secondary N) is 1. The predicted molar refractivity (Wildman–Crippen MR) is 72.0 cm³/mol. The maximum absolute atomic E-state index is 12.2. The second-order valence-corrected chi connectivity index (χ2v) is 5.05. The van der Waals surface area contributed by atoms with Gasteiger partial charge in [0.05, 0.1) is 11.1 Å². The minimum absolute atomic E-state index is 0.185. The van der Waals surface area contributed by atoms with Crippen LogP contribution in [0.2, 0.25) is 0 Å². The van der Waals surface area contributed by atoms with Gasteiger partial charge in [0.1, 0.15) is 0 Å². The Labute approximate surface area is 111 Å². The average molecular weight is 262 g/mol. The van der Waals surface area contributed by atoms with E-state index >= 15 is 0 Å². The highest BCUT2D eigenvalue weighted by atomic mass is 16.4. The molecule has 1 aromatic carbocycles. The Kier molecular flexibility index (Phi) is 3.85. The van der Waals surface area contributed by atoms with E-state index in [9.17, 15) is 9.59 Å². The smallest absolute Gasteiger partial charge is 0.335 e. The summed E-state index contributed by atoms with van der Waals surface area (Å²) in [7, 11) is 0. The Balaban J connectivity index is 2.04. The third-order valence-electron chi connectivity index (χ3n) is 3.59. The molecule has 0 aliphatic heterocycles. The van der Waals surface area contributed by atoms with Gasteiger partial charge in [-0.1, -0.05) is 19.3 Å². The van der Waals surface area contributed by atoms with Gasteiger partial charge in [0, 0.05) is 5.69 Å². The summed E-state index contributed by atoms with van der Waals surface area (Å²) in [6, 6.07) is 6.07. The Morgan fingerprint density at radius 3 is 2.21 bits per heavy atom. The molecule has 5 heteroatoms. The first-order valence-electron chi connectivity index (χ1n) is 6.45. The van der Waals surface area contributed by atoms with Crippen LogP contribution in [0.15, 0.2) is 24.3 Å². The quantitative estimate of drug-likeness (QED) is 0.776. The lowest BCUT2D eigenvalue weighted by Crippen LogP contribution is -2.52. The van der Waals surface area contributed by atoms with Crippen LogP contribution in [0.1, 0.15) is 42.5 Å². The third kappa shape index (κ3) is 3.12. The molecule has 1 saturated carbocycles. The van der Waals surface area contributed by atoms with Gasteiger partial charge in [-0.3, -0.25) is 4.79 Å². The van der Waals surface area contributed by atoms with Crippen LogP contribution < -0.4 is 11.1 Å². The number of carboxylic acids is 1. The van der Waals surface area contributed by atoms with Gasteiger partial charge in [0.15, 0.2) is 0 Å². The molecule has 4 N–H and O–H groups in total. The van der Waals surface area contributed by atoms with E-state index in [1.54, 1.807) is 12.1 Å². The maximum Gasteiger partial charge on any atom is 0.335 e. The van der Waals surface area contributed by atoms with Crippen molar-refractivity contribution in [3.05, 3.63) is 29.8 Å². The topological polar surface area (TPSA) is 92.4 Å². The summed E-state index contributed by atoms with van der Waals surface area (Å²) in [5, 5.41) is 11.6. The third-order valence-corrected chi connectivity index (χ3v) is 3.59. The molecule has 0 spiro atoms. The fourth-order valence-electron chi connectivity index (χ4n) is 2.36. The highest BCUT2D eigenvalue weighted by Gasteiger charge is 2.35. The molecule has 0 saturated heterocycles. The first-order chi connectivity index (χ1) is 9.01. The number of carbonyl (C=O) groups excluding carboxylic acids is 1.